The van der Waals surface area contributed by atoms with Gasteiger partial charge in [0.15, 0.2) is 5.82 Å². The monoisotopic (exact) mass is 549 g/mol. The maximum absolute atomic E-state index is 10.4. The number of nitrogens with zero attached hydrogens (tertiary/aromatic N) is 5. The summed E-state index contributed by atoms with van der Waals surface area (Å²) >= 11 is 0. The Labute approximate surface area is 242 Å². The number of para-hydroxylation sites is 1. The number of ether oxygens (including phenoxy) is 1. The van der Waals surface area contributed by atoms with Crippen LogP contribution in [0.2, 0.25) is 0 Å². The molecule has 0 spiro atoms. The summed E-state index contributed by atoms with van der Waals surface area (Å²) in [6.45, 7) is 12.4. The van der Waals surface area contributed by atoms with Crippen LogP contribution in [0.4, 0.5) is 17.2 Å². The first-order valence-electron chi connectivity index (χ1n) is 14.2. The van der Waals surface area contributed by atoms with E-state index in [0.717, 1.165) is 70.9 Å². The minimum absolute atomic E-state index is 0.0821. The van der Waals surface area contributed by atoms with E-state index >= 15 is 0 Å². The molecule has 5 rings (SSSR count). The lowest BCUT2D eigenvalue weighted by molar-refractivity contribution is 0.317. The number of aryl methyl sites for hydroxylation is 2. The van der Waals surface area contributed by atoms with Crippen molar-refractivity contribution in [2.75, 3.05) is 30.4 Å². The third-order valence-electron chi connectivity index (χ3n) is 7.47. The standard InChI is InChI=1S/C33H39N7O/c1-21-17-25(12-11-23(21)19-29-35-22(2)18-30(38-29)41-6)36-32-27(20-34)31(26-9-7-8-10-28(26)37-32)40-15-13-24(14-16-40)39-33(3,4)5/h7-12,17-18,24,39H,13-16,19H2,1-6H3,(H,36,37). The molecule has 0 bridgehead atoms. The van der Waals surface area contributed by atoms with Crippen LogP contribution in [-0.2, 0) is 6.42 Å². The second-order valence-electron chi connectivity index (χ2n) is 11.9. The number of hydrogen-bond acceptors (Lipinski definition) is 8. The van der Waals surface area contributed by atoms with Gasteiger partial charge in [-0.2, -0.15) is 10.2 Å². The Morgan fingerprint density at radius 2 is 1.78 bits per heavy atom. The number of piperidine rings is 1. The Hall–Kier alpha value is -4.22. The van der Waals surface area contributed by atoms with E-state index in [2.05, 4.69) is 77.5 Å². The molecule has 1 fully saturated rings. The summed E-state index contributed by atoms with van der Waals surface area (Å²) in [4.78, 5) is 16.3. The van der Waals surface area contributed by atoms with Gasteiger partial charge in [-0.15, -0.1) is 0 Å². The predicted octanol–water partition coefficient (Wildman–Crippen LogP) is 6.21. The molecule has 2 N–H and O–H groups in total. The van der Waals surface area contributed by atoms with E-state index in [1.165, 1.54) is 0 Å². The number of rotatable bonds is 7. The van der Waals surface area contributed by atoms with Gasteiger partial charge >= 0.3 is 0 Å². The third kappa shape index (κ3) is 6.58. The summed E-state index contributed by atoms with van der Waals surface area (Å²) in [5, 5.41) is 18.6. The predicted molar refractivity (Wildman–Crippen MR) is 165 cm³/mol. The fourth-order valence-corrected chi connectivity index (χ4v) is 5.64. The third-order valence-corrected chi connectivity index (χ3v) is 7.47. The highest BCUT2D eigenvalue weighted by Crippen LogP contribution is 2.37. The van der Waals surface area contributed by atoms with Gasteiger partial charge in [0.05, 0.1) is 18.3 Å². The topological polar surface area (TPSA) is 99.0 Å². The Balaban J connectivity index is 1.43. The average Bonchev–Trinajstić information content (AvgIpc) is 2.93. The van der Waals surface area contributed by atoms with Gasteiger partial charge in [0.25, 0.3) is 0 Å². The van der Waals surface area contributed by atoms with Crippen LogP contribution in [0.25, 0.3) is 10.9 Å². The molecule has 0 aliphatic carbocycles. The fraction of sp³-hybridized carbons (Fsp3) is 0.394. The van der Waals surface area contributed by atoms with Crippen LogP contribution < -0.4 is 20.3 Å². The molecule has 8 nitrogen and oxygen atoms in total. The van der Waals surface area contributed by atoms with Crippen molar-refractivity contribution in [1.29, 1.82) is 5.26 Å². The largest absolute Gasteiger partial charge is 0.481 e. The van der Waals surface area contributed by atoms with Crippen LogP contribution in [-0.4, -0.2) is 46.7 Å². The molecule has 0 saturated carbocycles. The quantitative estimate of drug-likeness (QED) is 0.281. The molecule has 0 unspecified atom stereocenters. The molecule has 8 heteroatoms. The van der Waals surface area contributed by atoms with Gasteiger partial charge in [0.1, 0.15) is 17.5 Å². The van der Waals surface area contributed by atoms with Crippen molar-refractivity contribution in [3.8, 4) is 11.9 Å². The first-order valence-corrected chi connectivity index (χ1v) is 14.2. The van der Waals surface area contributed by atoms with Crippen LogP contribution in [0.15, 0.2) is 48.5 Å². The molecule has 0 radical (unpaired) electrons. The molecule has 2 aromatic carbocycles. The first-order chi connectivity index (χ1) is 19.6. The molecule has 1 saturated heterocycles. The van der Waals surface area contributed by atoms with E-state index in [1.807, 2.05) is 37.3 Å². The second kappa shape index (κ2) is 11.7. The van der Waals surface area contributed by atoms with Crippen LogP contribution >= 0.6 is 0 Å². The summed E-state index contributed by atoms with van der Waals surface area (Å²) in [5.74, 6) is 1.87. The summed E-state index contributed by atoms with van der Waals surface area (Å²) in [6, 6.07) is 19.1. The molecule has 2 aromatic heterocycles. The van der Waals surface area contributed by atoms with Crippen LogP contribution in [0.3, 0.4) is 0 Å². The van der Waals surface area contributed by atoms with Crippen LogP contribution in [0.5, 0.6) is 5.88 Å². The van der Waals surface area contributed by atoms with Gasteiger partial charge in [-0.3, -0.25) is 0 Å². The number of pyridine rings is 1. The minimum Gasteiger partial charge on any atom is -0.481 e. The number of hydrogen-bond donors (Lipinski definition) is 2. The zero-order chi connectivity index (χ0) is 29.1. The number of anilines is 3. The lowest BCUT2D eigenvalue weighted by Gasteiger charge is -2.38. The van der Waals surface area contributed by atoms with Crippen molar-refractivity contribution < 1.29 is 4.74 Å². The van der Waals surface area contributed by atoms with Crippen molar-refractivity contribution >= 4 is 28.1 Å². The molecule has 212 valence electrons. The lowest BCUT2D eigenvalue weighted by Crippen LogP contribution is -2.49. The number of nitriles is 1. The Kier molecular flexibility index (Phi) is 8.09. The highest BCUT2D eigenvalue weighted by atomic mass is 16.5. The van der Waals surface area contributed by atoms with Gasteiger partial charge in [-0.1, -0.05) is 24.3 Å². The maximum Gasteiger partial charge on any atom is 0.216 e. The zero-order valence-corrected chi connectivity index (χ0v) is 24.9. The fourth-order valence-electron chi connectivity index (χ4n) is 5.64. The van der Waals surface area contributed by atoms with Crippen molar-refractivity contribution in [3.05, 3.63) is 76.7 Å². The summed E-state index contributed by atoms with van der Waals surface area (Å²) in [5.41, 5.74) is 6.49. The van der Waals surface area contributed by atoms with E-state index < -0.39 is 0 Å². The summed E-state index contributed by atoms with van der Waals surface area (Å²) in [7, 11) is 1.62. The normalized spacial score (nSPS) is 14.2. The Morgan fingerprint density at radius 3 is 2.46 bits per heavy atom. The zero-order valence-electron chi connectivity index (χ0n) is 24.9. The molecular weight excluding hydrogens is 510 g/mol. The van der Waals surface area contributed by atoms with Gasteiger partial charge in [-0.25, -0.2) is 9.97 Å². The van der Waals surface area contributed by atoms with E-state index in [0.29, 0.717) is 29.7 Å². The molecule has 4 aromatic rings. The van der Waals surface area contributed by atoms with Gasteiger partial charge in [-0.05, 0) is 76.8 Å². The second-order valence-corrected chi connectivity index (χ2v) is 11.9. The number of aromatic nitrogens is 3. The van der Waals surface area contributed by atoms with Gasteiger partial charge in [0, 0.05) is 53.9 Å². The van der Waals surface area contributed by atoms with Crippen LogP contribution in [0.1, 0.15) is 61.8 Å². The number of benzene rings is 2. The average molecular weight is 550 g/mol. The Bertz CT molecular complexity index is 1590. The van der Waals surface area contributed by atoms with E-state index in [-0.39, 0.29) is 5.54 Å². The molecular formula is C33H39N7O. The lowest BCUT2D eigenvalue weighted by atomic mass is 9.98. The smallest absolute Gasteiger partial charge is 0.216 e. The highest BCUT2D eigenvalue weighted by Gasteiger charge is 2.27. The van der Waals surface area contributed by atoms with E-state index in [4.69, 9.17) is 9.72 Å². The minimum atomic E-state index is 0.0821. The highest BCUT2D eigenvalue weighted by molar-refractivity contribution is 5.98. The first kappa shape index (κ1) is 28.3. The molecule has 0 amide bonds. The molecule has 1 aliphatic heterocycles. The van der Waals surface area contributed by atoms with E-state index in [9.17, 15) is 5.26 Å². The summed E-state index contributed by atoms with van der Waals surface area (Å²) < 4.78 is 5.32. The number of methoxy groups -OCH3 is 1. The Morgan fingerprint density at radius 1 is 1.02 bits per heavy atom. The van der Waals surface area contributed by atoms with E-state index in [1.54, 1.807) is 7.11 Å². The molecule has 41 heavy (non-hydrogen) atoms. The molecule has 3 heterocycles. The van der Waals surface area contributed by atoms with Crippen LogP contribution in [0, 0.1) is 25.2 Å². The number of fused-ring (bicyclic) bond motifs is 1. The van der Waals surface area contributed by atoms with Gasteiger partial charge in [0.2, 0.25) is 5.88 Å². The number of nitrogens with one attached hydrogen (secondary N) is 2. The van der Waals surface area contributed by atoms with Crippen molar-refractivity contribution in [3.63, 3.8) is 0 Å². The van der Waals surface area contributed by atoms with Crippen molar-refractivity contribution in [2.45, 2.75) is 65.5 Å². The molecule has 0 atom stereocenters. The maximum atomic E-state index is 10.4. The van der Waals surface area contributed by atoms with Gasteiger partial charge < -0.3 is 20.3 Å². The van der Waals surface area contributed by atoms with Crippen molar-refractivity contribution in [1.82, 2.24) is 20.3 Å². The van der Waals surface area contributed by atoms with Crippen molar-refractivity contribution in [2.24, 2.45) is 0 Å². The molecule has 1 aliphatic rings. The summed E-state index contributed by atoms with van der Waals surface area (Å²) in [6.07, 6.45) is 2.66. The SMILES string of the molecule is COc1cc(C)nc(Cc2ccc(Nc3nc4ccccc4c(N4CCC(NC(C)(C)C)CC4)c3C#N)cc2C)n1.